The second-order valence-electron chi connectivity index (χ2n) is 3.73. The molecule has 1 aromatic carbocycles. The van der Waals surface area contributed by atoms with Crippen molar-refractivity contribution < 1.29 is 14.3 Å². The summed E-state index contributed by atoms with van der Waals surface area (Å²) >= 11 is 0. The lowest BCUT2D eigenvalue weighted by Gasteiger charge is -1.99. The summed E-state index contributed by atoms with van der Waals surface area (Å²) in [6.45, 7) is 0. The molecule has 7 nitrogen and oxygen atoms in total. The molecule has 0 radical (unpaired) electrons. The van der Waals surface area contributed by atoms with Crippen LogP contribution in [0, 0.1) is 0 Å². The Balaban J connectivity index is 2.06. The Morgan fingerprint density at radius 2 is 1.95 bits per heavy atom. The zero-order valence-electron chi connectivity index (χ0n) is 9.57. The van der Waals surface area contributed by atoms with Crippen molar-refractivity contribution in [2.45, 2.75) is 0 Å². The summed E-state index contributed by atoms with van der Waals surface area (Å²) in [5.74, 6) is -0.632. The van der Waals surface area contributed by atoms with E-state index in [9.17, 15) is 4.79 Å². The molecule has 94 valence electrons. The van der Waals surface area contributed by atoms with Crippen molar-refractivity contribution in [1.82, 2.24) is 20.4 Å². The number of nitrogens with zero attached hydrogens (tertiary/aromatic N) is 3. The van der Waals surface area contributed by atoms with Crippen LogP contribution in [0.2, 0.25) is 0 Å². The number of hydrogen-bond donors (Lipinski definition) is 2. The van der Waals surface area contributed by atoms with Crippen molar-refractivity contribution in [3.05, 3.63) is 42.1 Å². The van der Waals surface area contributed by atoms with E-state index in [1.54, 1.807) is 30.5 Å². The Labute approximate surface area is 106 Å². The highest BCUT2D eigenvalue weighted by molar-refractivity contribution is 5.94. The molecule has 2 heterocycles. The van der Waals surface area contributed by atoms with E-state index in [1.807, 2.05) is 0 Å². The monoisotopic (exact) mass is 256 g/mol. The fraction of sp³-hybridized carbons (Fsp3) is 0. The van der Waals surface area contributed by atoms with Crippen molar-refractivity contribution in [1.29, 1.82) is 0 Å². The third-order valence-corrected chi connectivity index (χ3v) is 2.54. The minimum Gasteiger partial charge on any atom is -0.478 e. The Morgan fingerprint density at radius 1 is 1.16 bits per heavy atom. The molecule has 0 aliphatic heterocycles. The maximum absolute atomic E-state index is 11.1. The second-order valence-corrected chi connectivity index (χ2v) is 3.73. The summed E-state index contributed by atoms with van der Waals surface area (Å²) in [6, 6.07) is 8.13. The van der Waals surface area contributed by atoms with Crippen LogP contribution >= 0.6 is 0 Å². The van der Waals surface area contributed by atoms with Gasteiger partial charge in [0.05, 0.1) is 11.1 Å². The number of carbonyl (C=O) groups is 1. The fourth-order valence-electron chi connectivity index (χ4n) is 1.67. The predicted octanol–water partition coefficient (Wildman–Crippen LogP) is 1.82. The molecule has 3 rings (SSSR count). The van der Waals surface area contributed by atoms with Crippen LogP contribution in [-0.2, 0) is 0 Å². The highest BCUT2D eigenvalue weighted by Crippen LogP contribution is 2.25. The summed E-state index contributed by atoms with van der Waals surface area (Å²) in [5.41, 5.74) is 1.07. The average Bonchev–Trinajstić information content (AvgIpc) is 3.09. The number of carboxylic acid groups (broad SMARTS) is 1. The van der Waals surface area contributed by atoms with Gasteiger partial charge >= 0.3 is 5.97 Å². The first kappa shape index (κ1) is 11.1. The first-order valence-electron chi connectivity index (χ1n) is 5.41. The highest BCUT2D eigenvalue weighted by Gasteiger charge is 2.17. The molecule has 0 amide bonds. The number of aromatic nitrogens is 4. The third kappa shape index (κ3) is 1.97. The number of aromatic carboxylic acids is 1. The van der Waals surface area contributed by atoms with Gasteiger partial charge in [-0.3, -0.25) is 5.10 Å². The standard InChI is InChI=1S/C12H8N4O3/c17-12(18)8-4-2-1-3-7(8)10-15-16-11(19-10)9-5-6-13-14-9/h1-6H,(H,13,14)(H,17,18). The molecule has 19 heavy (non-hydrogen) atoms. The predicted molar refractivity (Wildman–Crippen MR) is 64.3 cm³/mol. The zero-order chi connectivity index (χ0) is 13.2. The first-order valence-corrected chi connectivity index (χ1v) is 5.41. The normalized spacial score (nSPS) is 10.5. The molecule has 0 spiro atoms. The van der Waals surface area contributed by atoms with Crippen molar-refractivity contribution in [2.24, 2.45) is 0 Å². The topological polar surface area (TPSA) is 105 Å². The van der Waals surface area contributed by atoms with Crippen LogP contribution in [0.3, 0.4) is 0 Å². The van der Waals surface area contributed by atoms with Gasteiger partial charge in [0, 0.05) is 6.20 Å². The number of aromatic amines is 1. The van der Waals surface area contributed by atoms with Crippen LogP contribution in [-0.4, -0.2) is 31.5 Å². The SMILES string of the molecule is O=C(O)c1ccccc1-c1nnc(-c2ccn[nH]2)o1. The molecular weight excluding hydrogens is 248 g/mol. The molecule has 0 saturated carbocycles. The van der Waals surface area contributed by atoms with E-state index in [0.29, 0.717) is 11.3 Å². The van der Waals surface area contributed by atoms with Crippen molar-refractivity contribution in [2.75, 3.05) is 0 Å². The summed E-state index contributed by atoms with van der Waals surface area (Å²) in [5, 5.41) is 23.3. The molecule has 0 fully saturated rings. The van der Waals surface area contributed by atoms with E-state index in [1.165, 1.54) is 6.07 Å². The molecule has 2 N–H and O–H groups in total. The largest absolute Gasteiger partial charge is 0.478 e. The summed E-state index contributed by atoms with van der Waals surface area (Å²) in [7, 11) is 0. The van der Waals surface area contributed by atoms with Crippen LogP contribution in [0.4, 0.5) is 0 Å². The zero-order valence-corrected chi connectivity index (χ0v) is 9.57. The molecule has 0 aliphatic rings. The van der Waals surface area contributed by atoms with Gasteiger partial charge in [0.25, 0.3) is 5.89 Å². The molecule has 0 aliphatic carbocycles. The first-order chi connectivity index (χ1) is 9.25. The summed E-state index contributed by atoms with van der Waals surface area (Å²) < 4.78 is 5.45. The lowest BCUT2D eigenvalue weighted by molar-refractivity contribution is 0.0697. The smallest absolute Gasteiger partial charge is 0.336 e. The minimum absolute atomic E-state index is 0.113. The van der Waals surface area contributed by atoms with Gasteiger partial charge in [-0.15, -0.1) is 10.2 Å². The van der Waals surface area contributed by atoms with Gasteiger partial charge in [-0.05, 0) is 18.2 Å². The molecule has 0 unspecified atom stereocenters. The van der Waals surface area contributed by atoms with Crippen LogP contribution in [0.5, 0.6) is 0 Å². The maximum Gasteiger partial charge on any atom is 0.336 e. The Hall–Kier alpha value is -2.96. The van der Waals surface area contributed by atoms with E-state index >= 15 is 0 Å². The van der Waals surface area contributed by atoms with Gasteiger partial charge in [0.1, 0.15) is 5.69 Å². The number of H-pyrrole nitrogens is 1. The minimum atomic E-state index is -1.04. The molecular formula is C12H8N4O3. The second kappa shape index (κ2) is 4.37. The lowest BCUT2D eigenvalue weighted by Crippen LogP contribution is -1.98. The van der Waals surface area contributed by atoms with Crippen LogP contribution in [0.1, 0.15) is 10.4 Å². The highest BCUT2D eigenvalue weighted by atomic mass is 16.4. The fourth-order valence-corrected chi connectivity index (χ4v) is 1.67. The Morgan fingerprint density at radius 3 is 2.68 bits per heavy atom. The van der Waals surface area contributed by atoms with Gasteiger partial charge in [-0.1, -0.05) is 12.1 Å². The number of hydrogen-bond acceptors (Lipinski definition) is 5. The molecule has 2 aromatic heterocycles. The van der Waals surface area contributed by atoms with Gasteiger partial charge < -0.3 is 9.52 Å². The van der Waals surface area contributed by atoms with E-state index in [4.69, 9.17) is 9.52 Å². The number of carboxylic acids is 1. The molecule has 3 aromatic rings. The quantitative estimate of drug-likeness (QED) is 0.740. The Kier molecular flexibility index (Phi) is 2.57. The molecule has 0 bridgehead atoms. The number of benzene rings is 1. The van der Waals surface area contributed by atoms with Gasteiger partial charge in [-0.2, -0.15) is 5.10 Å². The van der Waals surface area contributed by atoms with Crippen molar-refractivity contribution in [3.63, 3.8) is 0 Å². The van der Waals surface area contributed by atoms with Crippen LogP contribution in [0.15, 0.2) is 40.9 Å². The van der Waals surface area contributed by atoms with Gasteiger partial charge in [0.15, 0.2) is 0 Å². The lowest BCUT2D eigenvalue weighted by atomic mass is 10.1. The Bertz CT molecular complexity index is 718. The van der Waals surface area contributed by atoms with E-state index in [2.05, 4.69) is 20.4 Å². The molecule has 7 heteroatoms. The number of nitrogens with one attached hydrogen (secondary N) is 1. The maximum atomic E-state index is 11.1. The van der Waals surface area contributed by atoms with Crippen molar-refractivity contribution >= 4 is 5.97 Å². The summed E-state index contributed by atoms with van der Waals surface area (Å²) in [4.78, 5) is 11.1. The third-order valence-electron chi connectivity index (χ3n) is 2.54. The van der Waals surface area contributed by atoms with Gasteiger partial charge in [-0.25, -0.2) is 4.79 Å². The van der Waals surface area contributed by atoms with E-state index in [-0.39, 0.29) is 17.3 Å². The van der Waals surface area contributed by atoms with E-state index < -0.39 is 5.97 Å². The molecule has 0 atom stereocenters. The number of rotatable bonds is 3. The van der Waals surface area contributed by atoms with Crippen LogP contribution < -0.4 is 0 Å². The molecule has 0 saturated heterocycles. The average molecular weight is 256 g/mol. The summed E-state index contributed by atoms with van der Waals surface area (Å²) in [6.07, 6.45) is 1.56. The van der Waals surface area contributed by atoms with Gasteiger partial charge in [0.2, 0.25) is 5.89 Å². The van der Waals surface area contributed by atoms with E-state index in [0.717, 1.165) is 0 Å². The van der Waals surface area contributed by atoms with Crippen molar-refractivity contribution in [3.8, 4) is 23.0 Å². The van der Waals surface area contributed by atoms with Crippen LogP contribution in [0.25, 0.3) is 23.0 Å².